The summed E-state index contributed by atoms with van der Waals surface area (Å²) in [6, 6.07) is 7.00. The highest BCUT2D eigenvalue weighted by Crippen LogP contribution is 2.18. The van der Waals surface area contributed by atoms with E-state index in [0.29, 0.717) is 11.3 Å². The molecule has 0 spiro atoms. The van der Waals surface area contributed by atoms with Crippen molar-refractivity contribution in [3.05, 3.63) is 52.2 Å². The fraction of sp³-hybridized carbons (Fsp3) is 0.231. The lowest BCUT2D eigenvalue weighted by molar-refractivity contribution is -0.138. The molecule has 0 saturated heterocycles. The number of aromatic amines is 1. The molecule has 5 nitrogen and oxygen atoms in total. The number of carboxylic acids is 1. The second-order valence-corrected chi connectivity index (χ2v) is 4.23. The van der Waals surface area contributed by atoms with Crippen molar-refractivity contribution in [3.8, 4) is 5.69 Å². The average molecular weight is 246 g/mol. The molecular formula is C13H14N2O3. The summed E-state index contributed by atoms with van der Waals surface area (Å²) in [6.07, 6.45) is 1.62. The van der Waals surface area contributed by atoms with Crippen molar-refractivity contribution in [2.45, 2.75) is 19.8 Å². The number of aromatic nitrogens is 2. The van der Waals surface area contributed by atoms with Gasteiger partial charge in [-0.1, -0.05) is 12.1 Å². The van der Waals surface area contributed by atoms with Gasteiger partial charge in [0.05, 0.1) is 11.6 Å². The molecule has 2 aromatic rings. The summed E-state index contributed by atoms with van der Waals surface area (Å²) in [6.45, 7) is 3.43. The van der Waals surface area contributed by atoms with Crippen molar-refractivity contribution >= 4 is 5.97 Å². The van der Waals surface area contributed by atoms with Crippen LogP contribution < -0.4 is 5.69 Å². The first-order chi connectivity index (χ1) is 8.50. The molecule has 0 aliphatic heterocycles. The third kappa shape index (κ3) is 2.07. The minimum absolute atomic E-state index is 0.229. The van der Waals surface area contributed by atoms with Crippen LogP contribution in [0.2, 0.25) is 0 Å². The van der Waals surface area contributed by atoms with Gasteiger partial charge in [0.2, 0.25) is 0 Å². The number of imidazole rings is 1. The van der Waals surface area contributed by atoms with E-state index in [1.807, 2.05) is 6.92 Å². The van der Waals surface area contributed by atoms with E-state index in [-0.39, 0.29) is 5.69 Å². The number of H-pyrrole nitrogens is 1. The van der Waals surface area contributed by atoms with Crippen LogP contribution >= 0.6 is 0 Å². The minimum atomic E-state index is -0.884. The molecule has 1 aromatic heterocycles. The van der Waals surface area contributed by atoms with Crippen LogP contribution in [-0.2, 0) is 4.79 Å². The van der Waals surface area contributed by atoms with E-state index in [1.54, 1.807) is 37.4 Å². The Hall–Kier alpha value is -2.30. The van der Waals surface area contributed by atoms with E-state index in [0.717, 1.165) is 5.69 Å². The number of carbonyl (C=O) groups is 1. The molecule has 1 heterocycles. The molecule has 0 radical (unpaired) electrons. The molecule has 1 atom stereocenters. The highest BCUT2D eigenvalue weighted by Gasteiger charge is 2.14. The summed E-state index contributed by atoms with van der Waals surface area (Å²) in [7, 11) is 0. The van der Waals surface area contributed by atoms with Gasteiger partial charge in [0.25, 0.3) is 0 Å². The van der Waals surface area contributed by atoms with E-state index >= 15 is 0 Å². The van der Waals surface area contributed by atoms with Crippen molar-refractivity contribution in [1.29, 1.82) is 0 Å². The maximum atomic E-state index is 11.6. The zero-order valence-electron chi connectivity index (χ0n) is 10.2. The predicted molar refractivity (Wildman–Crippen MR) is 67.2 cm³/mol. The number of carboxylic acid groups (broad SMARTS) is 1. The Balaban J connectivity index is 2.52. The van der Waals surface area contributed by atoms with Crippen molar-refractivity contribution in [2.24, 2.45) is 0 Å². The quantitative estimate of drug-likeness (QED) is 0.864. The van der Waals surface area contributed by atoms with Crippen LogP contribution in [0.15, 0.2) is 35.3 Å². The summed E-state index contributed by atoms with van der Waals surface area (Å²) < 4.78 is 1.51. The molecule has 0 amide bonds. The van der Waals surface area contributed by atoms with E-state index in [2.05, 4.69) is 4.98 Å². The molecule has 1 unspecified atom stereocenters. The van der Waals surface area contributed by atoms with Gasteiger partial charge in [-0.15, -0.1) is 0 Å². The molecule has 2 rings (SSSR count). The monoisotopic (exact) mass is 246 g/mol. The fourth-order valence-electron chi connectivity index (χ4n) is 1.85. The molecular weight excluding hydrogens is 232 g/mol. The Morgan fingerprint density at radius 3 is 2.72 bits per heavy atom. The Morgan fingerprint density at radius 2 is 2.17 bits per heavy atom. The van der Waals surface area contributed by atoms with Crippen LogP contribution in [0.3, 0.4) is 0 Å². The number of rotatable bonds is 3. The van der Waals surface area contributed by atoms with Crippen LogP contribution in [-0.4, -0.2) is 20.6 Å². The first-order valence-corrected chi connectivity index (χ1v) is 5.61. The molecule has 0 aliphatic carbocycles. The zero-order valence-corrected chi connectivity index (χ0v) is 10.2. The Labute approximate surface area is 104 Å². The number of hydrogen-bond acceptors (Lipinski definition) is 2. The molecule has 5 heteroatoms. The van der Waals surface area contributed by atoms with Crippen LogP contribution in [0.4, 0.5) is 0 Å². The van der Waals surface area contributed by atoms with E-state index in [1.165, 1.54) is 4.57 Å². The Kier molecular flexibility index (Phi) is 3.06. The highest BCUT2D eigenvalue weighted by molar-refractivity contribution is 5.75. The van der Waals surface area contributed by atoms with Crippen molar-refractivity contribution in [3.63, 3.8) is 0 Å². The van der Waals surface area contributed by atoms with Crippen LogP contribution in [0.5, 0.6) is 0 Å². The first-order valence-electron chi connectivity index (χ1n) is 5.61. The summed E-state index contributed by atoms with van der Waals surface area (Å²) in [5.74, 6) is -1.48. The summed E-state index contributed by atoms with van der Waals surface area (Å²) in [5, 5.41) is 8.99. The van der Waals surface area contributed by atoms with Crippen molar-refractivity contribution < 1.29 is 9.90 Å². The van der Waals surface area contributed by atoms with E-state index in [4.69, 9.17) is 5.11 Å². The van der Waals surface area contributed by atoms with Gasteiger partial charge >= 0.3 is 11.7 Å². The molecule has 94 valence electrons. The summed E-state index contributed by atoms with van der Waals surface area (Å²) >= 11 is 0. The van der Waals surface area contributed by atoms with E-state index < -0.39 is 11.9 Å². The Bertz CT molecular complexity index is 640. The Morgan fingerprint density at radius 1 is 1.44 bits per heavy atom. The van der Waals surface area contributed by atoms with Gasteiger partial charge in [0.15, 0.2) is 0 Å². The van der Waals surface area contributed by atoms with Gasteiger partial charge in [-0.25, -0.2) is 4.79 Å². The largest absolute Gasteiger partial charge is 0.481 e. The third-order valence-electron chi connectivity index (χ3n) is 2.96. The lowest BCUT2D eigenvalue weighted by atomic mass is 10.0. The lowest BCUT2D eigenvalue weighted by Crippen LogP contribution is -2.16. The topological polar surface area (TPSA) is 75.1 Å². The molecule has 1 aromatic carbocycles. The van der Waals surface area contributed by atoms with Gasteiger partial charge in [0, 0.05) is 11.9 Å². The molecule has 18 heavy (non-hydrogen) atoms. The maximum absolute atomic E-state index is 11.6. The lowest BCUT2D eigenvalue weighted by Gasteiger charge is -2.10. The van der Waals surface area contributed by atoms with Gasteiger partial charge in [-0.2, -0.15) is 0 Å². The molecule has 0 bridgehead atoms. The number of benzene rings is 1. The summed E-state index contributed by atoms with van der Waals surface area (Å²) in [5.41, 5.74) is 1.89. The smallest absolute Gasteiger partial charge is 0.330 e. The van der Waals surface area contributed by atoms with Crippen molar-refractivity contribution in [2.75, 3.05) is 0 Å². The summed E-state index contributed by atoms with van der Waals surface area (Å²) in [4.78, 5) is 25.2. The van der Waals surface area contributed by atoms with Gasteiger partial charge in [-0.05, 0) is 31.5 Å². The van der Waals surface area contributed by atoms with E-state index in [9.17, 15) is 9.59 Å². The SMILES string of the molecule is Cc1c[nH]c(=O)n1-c1cccc(C(C)C(=O)O)c1. The molecule has 0 saturated carbocycles. The standard InChI is InChI=1S/C13H14N2O3/c1-8-7-14-13(18)15(8)11-5-3-4-10(6-11)9(2)12(16)17/h3-7,9H,1-2H3,(H,14,18)(H,16,17). The molecule has 0 fully saturated rings. The molecule has 0 aliphatic rings. The minimum Gasteiger partial charge on any atom is -0.481 e. The van der Waals surface area contributed by atoms with Gasteiger partial charge in [-0.3, -0.25) is 9.36 Å². The predicted octanol–water partition coefficient (Wildman–Crippen LogP) is 1.66. The fourth-order valence-corrected chi connectivity index (χ4v) is 1.85. The zero-order chi connectivity index (χ0) is 13.3. The number of aryl methyl sites for hydroxylation is 1. The third-order valence-corrected chi connectivity index (χ3v) is 2.96. The number of nitrogens with zero attached hydrogens (tertiary/aromatic N) is 1. The highest BCUT2D eigenvalue weighted by atomic mass is 16.4. The van der Waals surface area contributed by atoms with Gasteiger partial charge < -0.3 is 10.1 Å². The second-order valence-electron chi connectivity index (χ2n) is 4.23. The number of nitrogens with one attached hydrogen (secondary N) is 1. The first kappa shape index (κ1) is 12.2. The number of hydrogen-bond donors (Lipinski definition) is 2. The molecule has 2 N–H and O–H groups in total. The maximum Gasteiger partial charge on any atom is 0.330 e. The average Bonchev–Trinajstić information content (AvgIpc) is 2.68. The van der Waals surface area contributed by atoms with Crippen LogP contribution in [0.25, 0.3) is 5.69 Å². The van der Waals surface area contributed by atoms with Crippen LogP contribution in [0.1, 0.15) is 24.1 Å². The van der Waals surface area contributed by atoms with Crippen LogP contribution in [0, 0.1) is 6.92 Å². The number of aliphatic carboxylic acids is 1. The normalized spacial score (nSPS) is 12.3. The second kappa shape index (κ2) is 4.52. The van der Waals surface area contributed by atoms with Crippen molar-refractivity contribution in [1.82, 2.24) is 9.55 Å². The van der Waals surface area contributed by atoms with Gasteiger partial charge in [0.1, 0.15) is 0 Å².